The number of anilines is 2. The molecule has 1 fully saturated rings. The van der Waals surface area contributed by atoms with Crippen LogP contribution < -0.4 is 16.4 Å². The van der Waals surface area contributed by atoms with E-state index in [4.69, 9.17) is 10.5 Å². The first kappa shape index (κ1) is 15.0. The molecule has 1 aromatic heterocycles. The number of nitrogens with one attached hydrogen (secondary N) is 2. The largest absolute Gasteiger partial charge is 0.391 e. The van der Waals surface area contributed by atoms with E-state index in [0.717, 1.165) is 12.8 Å². The van der Waals surface area contributed by atoms with Crippen LogP contribution in [-0.2, 0) is 4.74 Å². The van der Waals surface area contributed by atoms with Gasteiger partial charge in [0.2, 0.25) is 0 Å². The Morgan fingerprint density at radius 3 is 3.05 bits per heavy atom. The molecule has 0 spiro atoms. The molecule has 112 valence electrons. The highest BCUT2D eigenvalue weighted by Gasteiger charge is 2.24. The summed E-state index contributed by atoms with van der Waals surface area (Å²) in [5.41, 5.74) is 5.75. The molecule has 1 heterocycles. The molecule has 1 aliphatic carbocycles. The Kier molecular flexibility index (Phi) is 5.16. The van der Waals surface area contributed by atoms with Crippen molar-refractivity contribution in [2.75, 3.05) is 31.3 Å². The lowest BCUT2D eigenvalue weighted by Gasteiger charge is -2.09. The van der Waals surface area contributed by atoms with Gasteiger partial charge in [-0.3, -0.25) is 4.79 Å². The molecular formula is C12H20N4O3S. The monoisotopic (exact) mass is 300 g/mol. The van der Waals surface area contributed by atoms with Gasteiger partial charge < -0.3 is 26.2 Å². The van der Waals surface area contributed by atoms with E-state index in [-0.39, 0.29) is 18.3 Å². The van der Waals surface area contributed by atoms with Crippen LogP contribution in [0.5, 0.6) is 0 Å². The summed E-state index contributed by atoms with van der Waals surface area (Å²) in [5, 5.41) is 16.1. The van der Waals surface area contributed by atoms with Gasteiger partial charge in [-0.25, -0.2) is 4.98 Å². The first-order valence-electron chi connectivity index (χ1n) is 6.58. The Labute approximate surface area is 121 Å². The average Bonchev–Trinajstić information content (AvgIpc) is 3.12. The van der Waals surface area contributed by atoms with Crippen molar-refractivity contribution in [3.63, 3.8) is 0 Å². The van der Waals surface area contributed by atoms with E-state index < -0.39 is 6.10 Å². The first-order valence-corrected chi connectivity index (χ1v) is 7.40. The van der Waals surface area contributed by atoms with E-state index in [9.17, 15) is 9.90 Å². The fraction of sp³-hybridized carbons (Fsp3) is 0.667. The van der Waals surface area contributed by atoms with E-state index in [1.165, 1.54) is 18.4 Å². The summed E-state index contributed by atoms with van der Waals surface area (Å²) in [6.07, 6.45) is 2.13. The van der Waals surface area contributed by atoms with Gasteiger partial charge in [0.25, 0.3) is 5.91 Å². The van der Waals surface area contributed by atoms with Crippen LogP contribution in [0.4, 0.5) is 10.9 Å². The number of aliphatic hydroxyl groups excluding tert-OH is 1. The molecule has 20 heavy (non-hydrogen) atoms. The number of methoxy groups -OCH3 is 1. The number of aliphatic hydroxyl groups is 1. The van der Waals surface area contributed by atoms with Crippen molar-refractivity contribution in [3.05, 3.63) is 4.88 Å². The molecule has 2 rings (SSSR count). The minimum Gasteiger partial charge on any atom is -0.391 e. The van der Waals surface area contributed by atoms with Crippen molar-refractivity contribution in [1.29, 1.82) is 0 Å². The van der Waals surface area contributed by atoms with E-state index >= 15 is 0 Å². The predicted molar refractivity (Wildman–Crippen MR) is 78.0 cm³/mol. The maximum atomic E-state index is 12.0. The molecule has 1 unspecified atom stereocenters. The van der Waals surface area contributed by atoms with Gasteiger partial charge in [0.1, 0.15) is 10.7 Å². The molecule has 0 radical (unpaired) electrons. The third kappa shape index (κ3) is 4.32. The van der Waals surface area contributed by atoms with Crippen LogP contribution in [0.1, 0.15) is 28.9 Å². The van der Waals surface area contributed by atoms with Gasteiger partial charge in [-0.05, 0) is 19.3 Å². The zero-order valence-electron chi connectivity index (χ0n) is 11.4. The molecule has 1 amide bonds. The Bertz CT molecular complexity index is 462. The summed E-state index contributed by atoms with van der Waals surface area (Å²) in [6.45, 7) is 0.625. The van der Waals surface area contributed by atoms with Crippen molar-refractivity contribution in [2.45, 2.75) is 31.4 Å². The third-order valence-electron chi connectivity index (χ3n) is 2.89. The molecule has 0 saturated heterocycles. The van der Waals surface area contributed by atoms with Crippen LogP contribution in [-0.4, -0.2) is 48.4 Å². The standard InChI is InChI=1S/C12H20N4O3S/c1-19-6-8(17)4-5-14-11(18)9-10(13)16-12(20-9)15-7-2-3-7/h7-8,17H,2-6,13H2,1H3,(H,14,18)(H,15,16). The quantitative estimate of drug-likeness (QED) is 0.554. The third-order valence-corrected chi connectivity index (χ3v) is 3.89. The number of ether oxygens (including phenoxy) is 1. The Morgan fingerprint density at radius 2 is 2.40 bits per heavy atom. The van der Waals surface area contributed by atoms with Gasteiger partial charge in [0.05, 0.1) is 12.7 Å². The Hall–Kier alpha value is -1.38. The maximum absolute atomic E-state index is 12.0. The normalized spacial score (nSPS) is 15.9. The SMILES string of the molecule is COCC(O)CCNC(=O)c1sc(NC2CC2)nc1N. The number of thiazole rings is 1. The maximum Gasteiger partial charge on any atom is 0.265 e. The summed E-state index contributed by atoms with van der Waals surface area (Å²) >= 11 is 1.26. The summed E-state index contributed by atoms with van der Waals surface area (Å²) < 4.78 is 4.81. The van der Waals surface area contributed by atoms with E-state index in [1.54, 1.807) is 0 Å². The Balaban J connectivity index is 1.80. The average molecular weight is 300 g/mol. The van der Waals surface area contributed by atoms with E-state index in [1.807, 2.05) is 0 Å². The fourth-order valence-electron chi connectivity index (χ4n) is 1.67. The summed E-state index contributed by atoms with van der Waals surface area (Å²) in [5.74, 6) is -0.0125. The summed E-state index contributed by atoms with van der Waals surface area (Å²) in [4.78, 5) is 16.5. The molecule has 7 nitrogen and oxygen atoms in total. The summed E-state index contributed by atoms with van der Waals surface area (Å²) in [7, 11) is 1.52. The molecule has 1 atom stereocenters. The fourth-order valence-corrected chi connectivity index (χ4v) is 2.54. The molecule has 0 aliphatic heterocycles. The number of hydrogen-bond donors (Lipinski definition) is 4. The number of nitrogens with two attached hydrogens (primary N) is 1. The number of rotatable bonds is 8. The second kappa shape index (κ2) is 6.87. The lowest BCUT2D eigenvalue weighted by Crippen LogP contribution is -2.28. The van der Waals surface area contributed by atoms with Crippen molar-refractivity contribution >= 4 is 28.2 Å². The topological polar surface area (TPSA) is 110 Å². The van der Waals surface area contributed by atoms with E-state index in [0.29, 0.717) is 29.0 Å². The number of hydrogen-bond acceptors (Lipinski definition) is 7. The van der Waals surface area contributed by atoms with Crippen molar-refractivity contribution in [2.24, 2.45) is 0 Å². The molecule has 0 bridgehead atoms. The van der Waals surface area contributed by atoms with Gasteiger partial charge in [-0.15, -0.1) is 0 Å². The number of aromatic nitrogens is 1. The van der Waals surface area contributed by atoms with Gasteiger partial charge in [0, 0.05) is 19.7 Å². The van der Waals surface area contributed by atoms with Crippen LogP contribution >= 0.6 is 11.3 Å². The van der Waals surface area contributed by atoms with Crippen molar-refractivity contribution < 1.29 is 14.6 Å². The zero-order valence-corrected chi connectivity index (χ0v) is 12.2. The molecule has 1 aliphatic rings. The van der Waals surface area contributed by atoms with Crippen LogP contribution in [0, 0.1) is 0 Å². The van der Waals surface area contributed by atoms with Crippen LogP contribution in [0.25, 0.3) is 0 Å². The van der Waals surface area contributed by atoms with Gasteiger partial charge in [-0.2, -0.15) is 0 Å². The van der Waals surface area contributed by atoms with Gasteiger partial charge in [-0.1, -0.05) is 11.3 Å². The van der Waals surface area contributed by atoms with Crippen LogP contribution in [0.2, 0.25) is 0 Å². The Morgan fingerprint density at radius 1 is 1.65 bits per heavy atom. The molecule has 5 N–H and O–H groups in total. The molecular weight excluding hydrogens is 280 g/mol. The molecule has 1 saturated carbocycles. The number of nitrogen functional groups attached to an aromatic ring is 1. The van der Waals surface area contributed by atoms with Crippen LogP contribution in [0.3, 0.4) is 0 Å². The highest BCUT2D eigenvalue weighted by atomic mass is 32.1. The number of carbonyl (C=O) groups excluding carboxylic acids is 1. The highest BCUT2D eigenvalue weighted by Crippen LogP contribution is 2.30. The van der Waals surface area contributed by atoms with Crippen molar-refractivity contribution in [1.82, 2.24) is 10.3 Å². The number of nitrogens with zero attached hydrogens (tertiary/aromatic N) is 1. The van der Waals surface area contributed by atoms with Gasteiger partial charge in [0.15, 0.2) is 5.13 Å². The van der Waals surface area contributed by atoms with Gasteiger partial charge >= 0.3 is 0 Å². The van der Waals surface area contributed by atoms with Crippen LogP contribution in [0.15, 0.2) is 0 Å². The number of carbonyl (C=O) groups is 1. The zero-order chi connectivity index (χ0) is 14.5. The molecule has 1 aromatic rings. The smallest absolute Gasteiger partial charge is 0.265 e. The lowest BCUT2D eigenvalue weighted by atomic mass is 10.2. The molecule has 8 heteroatoms. The lowest BCUT2D eigenvalue weighted by molar-refractivity contribution is 0.0588. The number of amides is 1. The molecule has 0 aromatic carbocycles. The highest BCUT2D eigenvalue weighted by molar-refractivity contribution is 7.18. The second-order valence-electron chi connectivity index (χ2n) is 4.81. The second-order valence-corrected chi connectivity index (χ2v) is 5.80. The minimum atomic E-state index is -0.578. The minimum absolute atomic E-state index is 0.244. The van der Waals surface area contributed by atoms with Crippen molar-refractivity contribution in [3.8, 4) is 0 Å². The first-order chi connectivity index (χ1) is 9.60. The summed E-state index contributed by atoms with van der Waals surface area (Å²) in [6, 6.07) is 0.473. The predicted octanol–water partition coefficient (Wildman–Crippen LogP) is 0.427. The van der Waals surface area contributed by atoms with E-state index in [2.05, 4.69) is 15.6 Å².